The average Bonchev–Trinajstić information content (AvgIpc) is 3.25. The number of aromatic nitrogens is 1. The number of para-hydroxylation sites is 1. The summed E-state index contributed by atoms with van der Waals surface area (Å²) < 4.78 is 12.5. The molecule has 2 aromatic carbocycles. The second-order valence-electron chi connectivity index (χ2n) is 10.3. The Kier molecular flexibility index (Phi) is 5.78. The number of piperidine rings is 1. The summed E-state index contributed by atoms with van der Waals surface area (Å²) in [6.07, 6.45) is 9.55. The highest BCUT2D eigenvalue weighted by Gasteiger charge is 2.64. The monoisotopic (exact) mass is 470 g/mol. The standard InChI is InChI=1S/C21H27NO3.C9H7N/c1-3-4-11-24-17-8-5-13-12-15-14-6-7-16(23)20-21(14,9-10-22(15)2)18(13)19(17)25-20;1-2-6-9-8(4-1)5-3-7-10-9/h5-8,14-16,20,23H,3-4,9-12H2,1-2H3;1-7H/t14-,15+,16-,20-,21-;/m0./s1. The molecule has 2 aliphatic carbocycles. The third kappa shape index (κ3) is 3.56. The molecule has 3 aromatic rings. The summed E-state index contributed by atoms with van der Waals surface area (Å²) in [6, 6.07) is 16.9. The summed E-state index contributed by atoms with van der Waals surface area (Å²) >= 11 is 0. The lowest BCUT2D eigenvalue weighted by Crippen LogP contribution is -2.64. The number of likely N-dealkylation sites (N-methyl/N-ethyl adjacent to an activating group) is 1. The summed E-state index contributed by atoms with van der Waals surface area (Å²) in [6.45, 7) is 3.95. The zero-order chi connectivity index (χ0) is 24.0. The van der Waals surface area contributed by atoms with Crippen LogP contribution >= 0.6 is 0 Å². The van der Waals surface area contributed by atoms with E-state index in [1.54, 1.807) is 0 Å². The lowest BCUT2D eigenvalue weighted by Gasteiger charge is -2.56. The van der Waals surface area contributed by atoms with Gasteiger partial charge in [0.25, 0.3) is 0 Å². The highest BCUT2D eigenvalue weighted by atomic mass is 16.5. The number of fused-ring (bicyclic) bond motifs is 1. The Hall–Kier alpha value is -2.89. The second-order valence-corrected chi connectivity index (χ2v) is 10.3. The van der Waals surface area contributed by atoms with E-state index in [2.05, 4.69) is 54.2 Å². The largest absolute Gasteiger partial charge is 0.490 e. The lowest BCUT2D eigenvalue weighted by atomic mass is 9.53. The van der Waals surface area contributed by atoms with E-state index < -0.39 is 6.10 Å². The van der Waals surface area contributed by atoms with E-state index in [1.165, 1.54) is 16.5 Å². The predicted molar refractivity (Wildman–Crippen MR) is 138 cm³/mol. The second kappa shape index (κ2) is 8.96. The third-order valence-electron chi connectivity index (χ3n) is 8.40. The molecule has 1 spiro atoms. The maximum Gasteiger partial charge on any atom is 0.165 e. The van der Waals surface area contributed by atoms with Crippen molar-refractivity contribution >= 4 is 10.9 Å². The van der Waals surface area contributed by atoms with Gasteiger partial charge in [0.2, 0.25) is 0 Å². The summed E-state index contributed by atoms with van der Waals surface area (Å²) in [4.78, 5) is 6.67. The fourth-order valence-electron chi connectivity index (χ4n) is 6.68. The summed E-state index contributed by atoms with van der Waals surface area (Å²) in [5.74, 6) is 2.19. The molecule has 7 rings (SSSR count). The number of rotatable bonds is 4. The van der Waals surface area contributed by atoms with Gasteiger partial charge in [-0.25, -0.2) is 0 Å². The molecule has 5 atom stereocenters. The Morgan fingerprint density at radius 1 is 1.14 bits per heavy atom. The van der Waals surface area contributed by atoms with Crippen molar-refractivity contribution in [1.82, 2.24) is 9.88 Å². The van der Waals surface area contributed by atoms with Crippen LogP contribution in [-0.2, 0) is 11.8 Å². The first-order valence-corrected chi connectivity index (χ1v) is 13.0. The van der Waals surface area contributed by atoms with Crippen LogP contribution in [0.5, 0.6) is 11.5 Å². The molecule has 3 heterocycles. The van der Waals surface area contributed by atoms with Crippen molar-refractivity contribution in [1.29, 1.82) is 0 Å². The predicted octanol–water partition coefficient (Wildman–Crippen LogP) is 4.91. The molecule has 1 aromatic heterocycles. The van der Waals surface area contributed by atoms with Crippen molar-refractivity contribution < 1.29 is 14.6 Å². The number of nitrogens with zero attached hydrogens (tertiary/aromatic N) is 2. The van der Waals surface area contributed by atoms with Gasteiger partial charge in [-0.1, -0.05) is 55.8 Å². The highest BCUT2D eigenvalue weighted by Crippen LogP contribution is 2.62. The molecule has 2 bridgehead atoms. The Bertz CT molecular complexity index is 1190. The molecule has 5 nitrogen and oxygen atoms in total. The van der Waals surface area contributed by atoms with Crippen LogP contribution in [0.3, 0.4) is 0 Å². The van der Waals surface area contributed by atoms with Gasteiger partial charge in [0.15, 0.2) is 11.5 Å². The molecule has 4 aliphatic rings. The maximum absolute atomic E-state index is 10.7. The number of hydrogen-bond acceptors (Lipinski definition) is 5. The first kappa shape index (κ1) is 22.6. The zero-order valence-corrected chi connectivity index (χ0v) is 20.6. The fraction of sp³-hybridized carbons (Fsp3) is 0.433. The minimum absolute atomic E-state index is 0.0849. The van der Waals surface area contributed by atoms with Gasteiger partial charge in [0, 0.05) is 34.5 Å². The zero-order valence-electron chi connectivity index (χ0n) is 20.6. The number of hydrogen-bond donors (Lipinski definition) is 1. The van der Waals surface area contributed by atoms with E-state index >= 15 is 0 Å². The molecular formula is C30H34N2O3. The highest BCUT2D eigenvalue weighted by molar-refractivity contribution is 5.77. The van der Waals surface area contributed by atoms with Gasteiger partial charge in [-0.2, -0.15) is 0 Å². The van der Waals surface area contributed by atoms with Crippen LogP contribution in [0.25, 0.3) is 10.9 Å². The number of unbranched alkanes of at least 4 members (excludes halogenated alkanes) is 1. The number of aliphatic hydroxyl groups excluding tert-OH is 1. The van der Waals surface area contributed by atoms with Crippen molar-refractivity contribution in [2.75, 3.05) is 20.2 Å². The summed E-state index contributed by atoms with van der Waals surface area (Å²) in [7, 11) is 2.23. The van der Waals surface area contributed by atoms with Gasteiger partial charge in [0.05, 0.1) is 12.1 Å². The van der Waals surface area contributed by atoms with Gasteiger partial charge in [-0.15, -0.1) is 0 Å². The van der Waals surface area contributed by atoms with Crippen LogP contribution in [0.1, 0.15) is 37.3 Å². The molecule has 0 amide bonds. The van der Waals surface area contributed by atoms with E-state index in [1.807, 2.05) is 36.5 Å². The minimum Gasteiger partial charge on any atom is -0.490 e. The van der Waals surface area contributed by atoms with Crippen molar-refractivity contribution in [2.45, 2.75) is 56.3 Å². The van der Waals surface area contributed by atoms with Gasteiger partial charge >= 0.3 is 0 Å². The number of aliphatic hydroxyl groups is 1. The van der Waals surface area contributed by atoms with Gasteiger partial charge in [0.1, 0.15) is 12.2 Å². The van der Waals surface area contributed by atoms with E-state index in [0.717, 1.165) is 55.9 Å². The molecule has 5 heteroatoms. The Balaban J connectivity index is 0.000000191. The maximum atomic E-state index is 10.7. The average molecular weight is 471 g/mol. The molecule has 35 heavy (non-hydrogen) atoms. The molecule has 1 N–H and O–H groups in total. The van der Waals surface area contributed by atoms with Crippen molar-refractivity contribution in [2.24, 2.45) is 5.92 Å². The van der Waals surface area contributed by atoms with Crippen molar-refractivity contribution in [3.8, 4) is 11.5 Å². The van der Waals surface area contributed by atoms with Crippen LogP contribution in [0.15, 0.2) is 66.9 Å². The SMILES string of the molecule is CCCCOc1ccc2c3c1O[C@H]1[C@@H](O)C=C[C@H]4[C@@H](C2)N(C)CC[C@@]341.c1ccc2ncccc2c1. The Morgan fingerprint density at radius 3 is 2.86 bits per heavy atom. The Labute approximate surface area is 207 Å². The summed E-state index contributed by atoms with van der Waals surface area (Å²) in [5, 5.41) is 11.9. The van der Waals surface area contributed by atoms with E-state index in [4.69, 9.17) is 9.47 Å². The molecule has 1 fully saturated rings. The summed E-state index contributed by atoms with van der Waals surface area (Å²) in [5.41, 5.74) is 3.70. The third-order valence-corrected chi connectivity index (χ3v) is 8.40. The first-order chi connectivity index (χ1) is 17.1. The van der Waals surface area contributed by atoms with Gasteiger partial charge in [-0.05, 0) is 56.6 Å². The quantitative estimate of drug-likeness (QED) is 0.434. The molecule has 182 valence electrons. The van der Waals surface area contributed by atoms with Crippen LogP contribution in [0.4, 0.5) is 0 Å². The number of benzene rings is 2. The van der Waals surface area contributed by atoms with E-state index in [-0.39, 0.29) is 11.5 Å². The molecule has 0 saturated carbocycles. The van der Waals surface area contributed by atoms with Crippen LogP contribution in [0, 0.1) is 5.92 Å². The Morgan fingerprint density at radius 2 is 2.00 bits per heavy atom. The molecule has 1 saturated heterocycles. The van der Waals surface area contributed by atoms with Crippen molar-refractivity contribution in [3.63, 3.8) is 0 Å². The molecule has 2 aliphatic heterocycles. The van der Waals surface area contributed by atoms with Gasteiger partial charge in [-0.3, -0.25) is 4.98 Å². The lowest BCUT2D eigenvalue weighted by molar-refractivity contribution is -0.0454. The first-order valence-electron chi connectivity index (χ1n) is 13.0. The molecule has 0 radical (unpaired) electrons. The fourth-order valence-corrected chi connectivity index (χ4v) is 6.68. The minimum atomic E-state index is -0.540. The molecule has 0 unspecified atom stereocenters. The normalized spacial score (nSPS) is 29.7. The number of pyridine rings is 1. The smallest absolute Gasteiger partial charge is 0.165 e. The van der Waals surface area contributed by atoms with Crippen LogP contribution < -0.4 is 9.47 Å². The molecular weight excluding hydrogens is 436 g/mol. The van der Waals surface area contributed by atoms with Crippen molar-refractivity contribution in [3.05, 3.63) is 78.0 Å². The van der Waals surface area contributed by atoms with Crippen LogP contribution in [-0.4, -0.2) is 53.4 Å². The number of ether oxygens (including phenoxy) is 2. The van der Waals surface area contributed by atoms with Crippen LogP contribution in [0.2, 0.25) is 0 Å². The van der Waals surface area contributed by atoms with E-state index in [9.17, 15) is 5.11 Å². The number of likely N-dealkylation sites (tertiary alicyclic amines) is 1. The van der Waals surface area contributed by atoms with Gasteiger partial charge < -0.3 is 19.5 Å². The van der Waals surface area contributed by atoms with E-state index in [0.29, 0.717) is 12.0 Å². The topological polar surface area (TPSA) is 54.8 Å².